The fourth-order valence-corrected chi connectivity index (χ4v) is 2.87. The average Bonchev–Trinajstić information content (AvgIpc) is 3.09. The molecule has 1 heterocycles. The fraction of sp³-hybridized carbons (Fsp3) is 0.167. The van der Waals surface area contributed by atoms with Gasteiger partial charge in [0.25, 0.3) is 5.89 Å². The molecule has 9 heteroatoms. The van der Waals surface area contributed by atoms with E-state index in [1.54, 1.807) is 43.5 Å². The highest BCUT2D eigenvalue weighted by Gasteiger charge is 2.15. The van der Waals surface area contributed by atoms with Gasteiger partial charge in [-0.3, -0.25) is 10.1 Å². The van der Waals surface area contributed by atoms with Crippen LogP contribution in [-0.2, 0) is 11.2 Å². The second-order valence-electron chi connectivity index (χ2n) is 5.45. The molecule has 3 aromatic rings. The minimum absolute atomic E-state index is 0.0264. The van der Waals surface area contributed by atoms with E-state index in [1.165, 1.54) is 7.11 Å². The zero-order chi connectivity index (χ0) is 19.4. The van der Waals surface area contributed by atoms with Crippen LogP contribution in [0.5, 0.6) is 11.5 Å². The van der Waals surface area contributed by atoms with Crippen LogP contribution in [0.3, 0.4) is 0 Å². The maximum absolute atomic E-state index is 12.2. The summed E-state index contributed by atoms with van der Waals surface area (Å²) in [6.45, 7) is 0. The number of carbonyl (C=O) groups excluding carboxylic acids is 1. The summed E-state index contributed by atoms with van der Waals surface area (Å²) in [5.41, 5.74) is 1.26. The molecule has 1 amide bonds. The smallest absolute Gasteiger partial charge is 0.322 e. The summed E-state index contributed by atoms with van der Waals surface area (Å²) in [5.74, 6) is 0.987. The zero-order valence-corrected chi connectivity index (χ0v) is 16.0. The van der Waals surface area contributed by atoms with Crippen molar-refractivity contribution in [1.29, 1.82) is 0 Å². The monoisotopic (exact) mass is 407 g/mol. The van der Waals surface area contributed by atoms with Gasteiger partial charge in [0, 0.05) is 5.02 Å². The first-order valence-electron chi connectivity index (χ1n) is 7.80. The maximum atomic E-state index is 12.2. The number of carbonyl (C=O) groups is 1. The lowest BCUT2D eigenvalue weighted by molar-refractivity contribution is -0.115. The van der Waals surface area contributed by atoms with E-state index in [0.29, 0.717) is 27.1 Å². The molecular weight excluding hydrogens is 393 g/mol. The third-order valence-electron chi connectivity index (χ3n) is 3.65. The molecule has 0 saturated heterocycles. The number of aromatic nitrogens is 2. The third-order valence-corrected chi connectivity index (χ3v) is 4.19. The summed E-state index contributed by atoms with van der Waals surface area (Å²) in [4.78, 5) is 12.2. The highest BCUT2D eigenvalue weighted by atomic mass is 35.5. The van der Waals surface area contributed by atoms with Crippen molar-refractivity contribution in [2.24, 2.45) is 0 Å². The van der Waals surface area contributed by atoms with E-state index in [2.05, 4.69) is 15.5 Å². The standard InChI is InChI=1S/C18H15Cl2N3O4/c1-25-14-6-3-10(7-15(14)26-2)8-16(24)21-18-23-22-17(27-18)12-5-4-11(19)9-13(12)20/h3-7,9H,8H2,1-2H3,(H,21,23,24). The lowest BCUT2D eigenvalue weighted by Crippen LogP contribution is -2.14. The Morgan fingerprint density at radius 1 is 1.07 bits per heavy atom. The third kappa shape index (κ3) is 4.50. The molecule has 0 aliphatic carbocycles. The molecular formula is C18H15Cl2N3O4. The number of hydrogen-bond acceptors (Lipinski definition) is 6. The van der Waals surface area contributed by atoms with Crippen molar-refractivity contribution < 1.29 is 18.7 Å². The van der Waals surface area contributed by atoms with Gasteiger partial charge in [0.1, 0.15) is 0 Å². The number of halogens is 2. The maximum Gasteiger partial charge on any atom is 0.322 e. The molecule has 0 saturated carbocycles. The van der Waals surface area contributed by atoms with E-state index >= 15 is 0 Å². The Kier molecular flexibility index (Phi) is 5.83. The van der Waals surface area contributed by atoms with Crippen molar-refractivity contribution in [3.8, 4) is 23.0 Å². The van der Waals surface area contributed by atoms with E-state index in [4.69, 9.17) is 37.1 Å². The van der Waals surface area contributed by atoms with Gasteiger partial charge in [0.15, 0.2) is 11.5 Å². The van der Waals surface area contributed by atoms with Gasteiger partial charge in [-0.2, -0.15) is 0 Å². The second kappa shape index (κ2) is 8.28. The van der Waals surface area contributed by atoms with Crippen LogP contribution >= 0.6 is 23.2 Å². The minimum Gasteiger partial charge on any atom is -0.493 e. The topological polar surface area (TPSA) is 86.5 Å². The Balaban J connectivity index is 1.69. The molecule has 1 aromatic heterocycles. The van der Waals surface area contributed by atoms with Gasteiger partial charge in [-0.05, 0) is 35.9 Å². The lowest BCUT2D eigenvalue weighted by atomic mass is 10.1. The highest BCUT2D eigenvalue weighted by molar-refractivity contribution is 6.36. The first-order valence-corrected chi connectivity index (χ1v) is 8.55. The summed E-state index contributed by atoms with van der Waals surface area (Å²) < 4.78 is 15.9. The normalized spacial score (nSPS) is 10.5. The molecule has 0 bridgehead atoms. The van der Waals surface area contributed by atoms with E-state index < -0.39 is 0 Å². The predicted octanol–water partition coefficient (Wildman–Crippen LogP) is 4.24. The van der Waals surface area contributed by atoms with Crippen molar-refractivity contribution in [3.63, 3.8) is 0 Å². The van der Waals surface area contributed by atoms with Crippen molar-refractivity contribution in [3.05, 3.63) is 52.0 Å². The summed E-state index contributed by atoms with van der Waals surface area (Å²) in [6.07, 6.45) is 0.0970. The Morgan fingerprint density at radius 3 is 2.56 bits per heavy atom. The Morgan fingerprint density at radius 2 is 1.85 bits per heavy atom. The van der Waals surface area contributed by atoms with Gasteiger partial charge >= 0.3 is 6.01 Å². The molecule has 1 N–H and O–H groups in total. The van der Waals surface area contributed by atoms with Gasteiger partial charge in [-0.1, -0.05) is 34.4 Å². The van der Waals surface area contributed by atoms with Crippen LogP contribution in [0.25, 0.3) is 11.5 Å². The predicted molar refractivity (Wildman–Crippen MR) is 102 cm³/mol. The van der Waals surface area contributed by atoms with Crippen LogP contribution in [0.4, 0.5) is 6.01 Å². The van der Waals surface area contributed by atoms with E-state index in [-0.39, 0.29) is 24.2 Å². The molecule has 27 heavy (non-hydrogen) atoms. The Bertz CT molecular complexity index is 975. The summed E-state index contributed by atoms with van der Waals surface area (Å²) in [7, 11) is 3.08. The molecule has 0 unspecified atom stereocenters. The largest absolute Gasteiger partial charge is 0.493 e. The van der Waals surface area contributed by atoms with Crippen LogP contribution in [0.15, 0.2) is 40.8 Å². The van der Waals surface area contributed by atoms with Gasteiger partial charge < -0.3 is 13.9 Å². The number of rotatable bonds is 6. The molecule has 0 spiro atoms. The number of ether oxygens (including phenoxy) is 2. The molecule has 3 rings (SSSR count). The lowest BCUT2D eigenvalue weighted by Gasteiger charge is -2.09. The molecule has 0 aliphatic heterocycles. The zero-order valence-electron chi connectivity index (χ0n) is 14.5. The second-order valence-corrected chi connectivity index (χ2v) is 6.29. The van der Waals surface area contributed by atoms with E-state index in [0.717, 1.165) is 5.56 Å². The number of amides is 1. The average molecular weight is 408 g/mol. The van der Waals surface area contributed by atoms with Crippen LogP contribution in [0, 0.1) is 0 Å². The number of benzene rings is 2. The number of anilines is 1. The molecule has 7 nitrogen and oxygen atoms in total. The SMILES string of the molecule is COc1ccc(CC(=O)Nc2nnc(-c3ccc(Cl)cc3Cl)o2)cc1OC. The van der Waals surface area contributed by atoms with E-state index in [1.807, 2.05) is 0 Å². The van der Waals surface area contributed by atoms with Crippen molar-refractivity contribution in [2.45, 2.75) is 6.42 Å². The fourth-order valence-electron chi connectivity index (χ4n) is 2.38. The van der Waals surface area contributed by atoms with Gasteiger partial charge in [-0.25, -0.2) is 0 Å². The van der Waals surface area contributed by atoms with Gasteiger partial charge in [0.05, 0.1) is 31.2 Å². The highest BCUT2D eigenvalue weighted by Crippen LogP contribution is 2.30. The molecule has 0 radical (unpaired) electrons. The molecule has 0 atom stereocenters. The Hall–Kier alpha value is -2.77. The molecule has 0 aliphatic rings. The first-order chi connectivity index (χ1) is 13.0. The van der Waals surface area contributed by atoms with Crippen LogP contribution in [0.2, 0.25) is 10.0 Å². The molecule has 0 fully saturated rings. The molecule has 140 valence electrons. The number of hydrogen-bond donors (Lipinski definition) is 1. The summed E-state index contributed by atoms with van der Waals surface area (Å²) in [5, 5.41) is 11.1. The van der Waals surface area contributed by atoms with Crippen molar-refractivity contribution >= 4 is 35.1 Å². The van der Waals surface area contributed by atoms with Crippen LogP contribution in [-0.4, -0.2) is 30.3 Å². The summed E-state index contributed by atoms with van der Waals surface area (Å²) >= 11 is 12.0. The van der Waals surface area contributed by atoms with Gasteiger partial charge in [0.2, 0.25) is 5.91 Å². The minimum atomic E-state index is -0.320. The summed E-state index contributed by atoms with van der Waals surface area (Å²) in [6, 6.07) is 10.1. The van der Waals surface area contributed by atoms with Gasteiger partial charge in [-0.15, -0.1) is 5.10 Å². The first kappa shape index (κ1) is 19.0. The van der Waals surface area contributed by atoms with Crippen LogP contribution in [0.1, 0.15) is 5.56 Å². The molecule has 2 aromatic carbocycles. The van der Waals surface area contributed by atoms with Crippen molar-refractivity contribution in [2.75, 3.05) is 19.5 Å². The van der Waals surface area contributed by atoms with E-state index in [9.17, 15) is 4.79 Å². The number of nitrogens with zero attached hydrogens (tertiary/aromatic N) is 2. The van der Waals surface area contributed by atoms with Crippen molar-refractivity contribution in [1.82, 2.24) is 10.2 Å². The number of nitrogens with one attached hydrogen (secondary N) is 1. The Labute approximate surface area is 165 Å². The van der Waals surface area contributed by atoms with Crippen LogP contribution < -0.4 is 14.8 Å². The quantitative estimate of drug-likeness (QED) is 0.657. The number of methoxy groups -OCH3 is 2.